The lowest BCUT2D eigenvalue weighted by molar-refractivity contribution is -0.119. The van der Waals surface area contributed by atoms with Crippen molar-refractivity contribution >= 4 is 34.3 Å². The van der Waals surface area contributed by atoms with Gasteiger partial charge >= 0.3 is 0 Å². The van der Waals surface area contributed by atoms with Crippen molar-refractivity contribution in [2.24, 2.45) is 5.73 Å². The third kappa shape index (κ3) is 5.25. The molecule has 0 fully saturated rings. The van der Waals surface area contributed by atoms with Crippen LogP contribution in [-0.4, -0.2) is 28.4 Å². The highest BCUT2D eigenvalue weighted by molar-refractivity contribution is 6.35. The van der Waals surface area contributed by atoms with Crippen molar-refractivity contribution in [3.8, 4) is 5.75 Å². The molecule has 2 amide bonds. The highest BCUT2D eigenvalue weighted by atomic mass is 35.5. The van der Waals surface area contributed by atoms with Crippen molar-refractivity contribution in [1.82, 2.24) is 15.3 Å². The number of carbonyl (C=O) groups excluding carboxylic acids is 2. The van der Waals surface area contributed by atoms with E-state index in [1.54, 1.807) is 30.7 Å². The second-order valence-electron chi connectivity index (χ2n) is 7.36. The first-order valence-electron chi connectivity index (χ1n) is 9.95. The van der Waals surface area contributed by atoms with Crippen molar-refractivity contribution in [1.29, 1.82) is 0 Å². The number of benzene rings is 2. The number of H-pyrrole nitrogens is 1. The summed E-state index contributed by atoms with van der Waals surface area (Å²) in [6.45, 7) is 0.222. The zero-order valence-corrected chi connectivity index (χ0v) is 17.9. The first-order chi connectivity index (χ1) is 15.5. The van der Waals surface area contributed by atoms with Gasteiger partial charge in [0.15, 0.2) is 6.61 Å². The number of ether oxygens (including phenoxy) is 1. The van der Waals surface area contributed by atoms with Gasteiger partial charge in [-0.15, -0.1) is 0 Å². The molecule has 4 rings (SSSR count). The van der Waals surface area contributed by atoms with Crippen LogP contribution in [0.4, 0.5) is 0 Å². The largest absolute Gasteiger partial charge is 0.484 e. The average Bonchev–Trinajstić information content (AvgIpc) is 3.17. The Hall–Kier alpha value is -3.84. The summed E-state index contributed by atoms with van der Waals surface area (Å²) in [5.41, 5.74) is 9.40. The Kier molecular flexibility index (Phi) is 6.37. The van der Waals surface area contributed by atoms with Gasteiger partial charge in [-0.1, -0.05) is 29.8 Å². The standard InChI is InChI=1S/C24H21ClN4O3/c25-21-13-28-22-6-3-16(9-20(21)22)11-29-24(31)18-8-17(10-27-12-18)7-15-1-4-19(5-2-15)32-14-23(26)30/h1-6,8-10,12-13,28H,7,11,14H2,(H2,26,30)(H,29,31). The van der Waals surface area contributed by atoms with E-state index in [4.69, 9.17) is 22.1 Å². The number of nitrogens with one attached hydrogen (secondary N) is 2. The monoisotopic (exact) mass is 448 g/mol. The van der Waals surface area contributed by atoms with E-state index < -0.39 is 5.91 Å². The second kappa shape index (κ2) is 9.53. The van der Waals surface area contributed by atoms with Gasteiger partial charge < -0.3 is 20.8 Å². The number of hydrogen-bond acceptors (Lipinski definition) is 4. The number of fused-ring (bicyclic) bond motifs is 1. The predicted molar refractivity (Wildman–Crippen MR) is 123 cm³/mol. The molecule has 2 aromatic heterocycles. The molecule has 8 heteroatoms. The van der Waals surface area contributed by atoms with E-state index in [1.807, 2.05) is 36.4 Å². The van der Waals surface area contributed by atoms with E-state index in [9.17, 15) is 9.59 Å². The van der Waals surface area contributed by atoms with Crippen molar-refractivity contribution in [2.45, 2.75) is 13.0 Å². The van der Waals surface area contributed by atoms with E-state index in [-0.39, 0.29) is 12.5 Å². The maximum atomic E-state index is 12.6. The Balaban J connectivity index is 1.37. The molecular formula is C24H21ClN4O3. The molecule has 0 unspecified atom stereocenters. The number of nitrogens with two attached hydrogens (primary N) is 1. The van der Waals surface area contributed by atoms with Gasteiger partial charge in [0.1, 0.15) is 5.75 Å². The van der Waals surface area contributed by atoms with Crippen LogP contribution in [0.25, 0.3) is 10.9 Å². The Morgan fingerprint density at radius 2 is 1.81 bits per heavy atom. The maximum absolute atomic E-state index is 12.6. The lowest BCUT2D eigenvalue weighted by Gasteiger charge is -2.08. The van der Waals surface area contributed by atoms with Gasteiger partial charge in [-0.25, -0.2) is 0 Å². The summed E-state index contributed by atoms with van der Waals surface area (Å²) in [7, 11) is 0. The number of amides is 2. The van der Waals surface area contributed by atoms with Gasteiger partial charge in [0.05, 0.1) is 10.6 Å². The van der Waals surface area contributed by atoms with Crippen LogP contribution in [0.5, 0.6) is 5.75 Å². The highest BCUT2D eigenvalue weighted by Crippen LogP contribution is 2.24. The summed E-state index contributed by atoms with van der Waals surface area (Å²) in [6, 6.07) is 15.0. The minimum Gasteiger partial charge on any atom is -0.484 e. The molecule has 162 valence electrons. The van der Waals surface area contributed by atoms with Crippen molar-refractivity contribution in [3.63, 3.8) is 0 Å². The van der Waals surface area contributed by atoms with Gasteiger partial charge in [0.25, 0.3) is 11.8 Å². The molecule has 0 aliphatic heterocycles. The molecule has 0 radical (unpaired) electrons. The van der Waals surface area contributed by atoms with Crippen LogP contribution < -0.4 is 15.8 Å². The molecule has 32 heavy (non-hydrogen) atoms. The highest BCUT2D eigenvalue weighted by Gasteiger charge is 2.09. The summed E-state index contributed by atoms with van der Waals surface area (Å²) in [5, 5.41) is 4.50. The molecule has 0 bridgehead atoms. The summed E-state index contributed by atoms with van der Waals surface area (Å²) >= 11 is 6.17. The molecule has 0 aliphatic rings. The van der Waals surface area contributed by atoms with E-state index in [2.05, 4.69) is 15.3 Å². The van der Waals surface area contributed by atoms with Crippen molar-refractivity contribution in [2.75, 3.05) is 6.61 Å². The first kappa shape index (κ1) is 21.4. The zero-order chi connectivity index (χ0) is 22.5. The normalized spacial score (nSPS) is 10.8. The van der Waals surface area contributed by atoms with E-state index in [1.165, 1.54) is 0 Å². The molecular weight excluding hydrogens is 428 g/mol. The summed E-state index contributed by atoms with van der Waals surface area (Å²) < 4.78 is 5.26. The Morgan fingerprint density at radius 1 is 1.03 bits per heavy atom. The summed E-state index contributed by atoms with van der Waals surface area (Å²) in [5.74, 6) is -0.156. The molecule has 0 atom stereocenters. The lowest BCUT2D eigenvalue weighted by Crippen LogP contribution is -2.23. The quantitative estimate of drug-likeness (QED) is 0.382. The second-order valence-corrected chi connectivity index (χ2v) is 7.76. The number of halogens is 1. The number of primary amides is 1. The molecule has 7 nitrogen and oxygen atoms in total. The minimum absolute atomic E-state index is 0.160. The van der Waals surface area contributed by atoms with Gasteiger partial charge in [-0.3, -0.25) is 14.6 Å². The molecule has 2 aromatic carbocycles. The molecule has 4 aromatic rings. The third-order valence-corrected chi connectivity index (χ3v) is 5.23. The Labute approximate surface area is 189 Å². The van der Waals surface area contributed by atoms with Gasteiger partial charge in [-0.2, -0.15) is 0 Å². The Bertz CT molecular complexity index is 1270. The fourth-order valence-corrected chi connectivity index (χ4v) is 3.54. The fraction of sp³-hybridized carbons (Fsp3) is 0.125. The number of hydrogen-bond donors (Lipinski definition) is 3. The molecule has 0 spiro atoms. The zero-order valence-electron chi connectivity index (χ0n) is 17.1. The third-order valence-electron chi connectivity index (χ3n) is 4.92. The summed E-state index contributed by atoms with van der Waals surface area (Å²) in [4.78, 5) is 30.7. The van der Waals surface area contributed by atoms with Crippen molar-refractivity contribution < 1.29 is 14.3 Å². The molecule has 0 saturated heterocycles. The van der Waals surface area contributed by atoms with Crippen LogP contribution in [0.1, 0.15) is 27.0 Å². The topological polar surface area (TPSA) is 110 Å². The number of carbonyl (C=O) groups is 2. The number of aromatic nitrogens is 2. The van der Waals surface area contributed by atoms with Crippen LogP contribution in [-0.2, 0) is 17.8 Å². The number of nitrogens with zero attached hydrogens (tertiary/aromatic N) is 1. The van der Waals surface area contributed by atoms with Crippen LogP contribution in [0.3, 0.4) is 0 Å². The van der Waals surface area contributed by atoms with Crippen LogP contribution in [0.2, 0.25) is 5.02 Å². The van der Waals surface area contributed by atoms with Gasteiger partial charge in [0.2, 0.25) is 0 Å². The SMILES string of the molecule is NC(=O)COc1ccc(Cc2cncc(C(=O)NCc3ccc4[nH]cc(Cl)c4c3)c2)cc1. The predicted octanol–water partition coefficient (Wildman–Crippen LogP) is 3.60. The maximum Gasteiger partial charge on any atom is 0.255 e. The molecule has 0 saturated carbocycles. The molecule has 2 heterocycles. The first-order valence-corrected chi connectivity index (χ1v) is 10.3. The van der Waals surface area contributed by atoms with Crippen LogP contribution in [0, 0.1) is 0 Å². The van der Waals surface area contributed by atoms with Crippen LogP contribution >= 0.6 is 11.6 Å². The molecule has 0 aliphatic carbocycles. The van der Waals surface area contributed by atoms with E-state index in [0.29, 0.717) is 29.3 Å². The van der Waals surface area contributed by atoms with E-state index in [0.717, 1.165) is 27.6 Å². The molecule has 4 N–H and O–H groups in total. The Morgan fingerprint density at radius 3 is 2.59 bits per heavy atom. The van der Waals surface area contributed by atoms with Gasteiger partial charge in [0, 0.05) is 36.0 Å². The average molecular weight is 449 g/mol. The van der Waals surface area contributed by atoms with E-state index >= 15 is 0 Å². The van der Waals surface area contributed by atoms with Gasteiger partial charge in [-0.05, 0) is 53.4 Å². The minimum atomic E-state index is -0.524. The number of aromatic amines is 1. The van der Waals surface area contributed by atoms with Crippen LogP contribution in [0.15, 0.2) is 67.1 Å². The summed E-state index contributed by atoms with van der Waals surface area (Å²) in [6.07, 6.45) is 5.63. The smallest absolute Gasteiger partial charge is 0.255 e. The number of pyridine rings is 1. The fourth-order valence-electron chi connectivity index (χ4n) is 3.33. The number of rotatable bonds is 8. The van der Waals surface area contributed by atoms with Crippen molar-refractivity contribution in [3.05, 3.63) is 94.4 Å². The lowest BCUT2D eigenvalue weighted by atomic mass is 10.0.